The largest absolute Gasteiger partial charge is 0.357 e. The van der Waals surface area contributed by atoms with Gasteiger partial charge in [-0.2, -0.15) is 16.1 Å². The molecule has 1 aromatic rings. The van der Waals surface area contributed by atoms with Gasteiger partial charge in [-0.15, -0.1) is 24.0 Å². The number of hydrogen-bond acceptors (Lipinski definition) is 4. The summed E-state index contributed by atoms with van der Waals surface area (Å²) >= 11 is 1.96. The molecule has 2 N–H and O–H groups in total. The molecule has 0 amide bonds. The van der Waals surface area contributed by atoms with Crippen LogP contribution in [0.15, 0.2) is 40.2 Å². The molecular weight excluding hydrogens is 531 g/mol. The van der Waals surface area contributed by atoms with Crippen molar-refractivity contribution >= 4 is 51.7 Å². The summed E-state index contributed by atoms with van der Waals surface area (Å²) in [4.78, 5) is 5.20. The number of halogens is 1. The molecule has 1 heterocycles. The Morgan fingerprint density at radius 3 is 2.47 bits per heavy atom. The quantitative estimate of drug-likeness (QED) is 0.300. The maximum Gasteiger partial charge on any atom is 0.243 e. The van der Waals surface area contributed by atoms with Crippen LogP contribution in [0.3, 0.4) is 0 Å². The van der Waals surface area contributed by atoms with Crippen LogP contribution < -0.4 is 10.6 Å². The van der Waals surface area contributed by atoms with Crippen molar-refractivity contribution in [2.24, 2.45) is 10.9 Å². The van der Waals surface area contributed by atoms with Crippen LogP contribution in [0.25, 0.3) is 0 Å². The first kappa shape index (κ1) is 25.7. The van der Waals surface area contributed by atoms with Gasteiger partial charge in [-0.05, 0) is 63.3 Å². The number of aliphatic imine (C=N–C) groups is 1. The Kier molecular flexibility index (Phi) is 10.7. The Morgan fingerprint density at radius 2 is 1.87 bits per heavy atom. The zero-order valence-electron chi connectivity index (χ0n) is 17.9. The Balaban J connectivity index is 0.00000320. The van der Waals surface area contributed by atoms with Gasteiger partial charge in [0.2, 0.25) is 10.0 Å². The van der Waals surface area contributed by atoms with Crippen molar-refractivity contribution in [3.63, 3.8) is 0 Å². The van der Waals surface area contributed by atoms with Crippen LogP contribution in [-0.2, 0) is 10.0 Å². The molecule has 2 aliphatic rings. The molecule has 1 saturated carbocycles. The molecule has 0 aromatic heterocycles. The Morgan fingerprint density at radius 1 is 1.17 bits per heavy atom. The number of benzene rings is 1. The molecule has 6 nitrogen and oxygen atoms in total. The minimum absolute atomic E-state index is 0. The summed E-state index contributed by atoms with van der Waals surface area (Å²) in [5.41, 5.74) is 0. The van der Waals surface area contributed by atoms with E-state index in [1.807, 2.05) is 17.8 Å². The number of sulfonamides is 1. The van der Waals surface area contributed by atoms with Gasteiger partial charge in [0.25, 0.3) is 0 Å². The van der Waals surface area contributed by atoms with Gasteiger partial charge in [0.05, 0.1) is 4.90 Å². The smallest absolute Gasteiger partial charge is 0.243 e. The van der Waals surface area contributed by atoms with Gasteiger partial charge >= 0.3 is 0 Å². The fourth-order valence-electron chi connectivity index (χ4n) is 4.09. The maximum atomic E-state index is 12.8. The lowest BCUT2D eigenvalue weighted by Gasteiger charge is -2.30. The average Bonchev–Trinajstić information content (AvgIpc) is 3.21. The van der Waals surface area contributed by atoms with E-state index in [0.29, 0.717) is 29.9 Å². The Hall–Kier alpha value is -0.520. The summed E-state index contributed by atoms with van der Waals surface area (Å²) < 4.78 is 27.2. The van der Waals surface area contributed by atoms with Gasteiger partial charge in [-0.25, -0.2) is 8.42 Å². The van der Waals surface area contributed by atoms with Crippen LogP contribution in [0.1, 0.15) is 39.0 Å². The average molecular weight is 567 g/mol. The molecule has 2 fully saturated rings. The Labute approximate surface area is 203 Å². The highest BCUT2D eigenvalue weighted by Gasteiger charge is 2.29. The van der Waals surface area contributed by atoms with Crippen molar-refractivity contribution in [2.45, 2.75) is 55.2 Å². The first-order valence-corrected chi connectivity index (χ1v) is 13.4. The summed E-state index contributed by atoms with van der Waals surface area (Å²) in [6.45, 7) is 4.81. The van der Waals surface area contributed by atoms with Crippen molar-refractivity contribution in [3.8, 4) is 0 Å². The fourth-order valence-corrected chi connectivity index (χ4v) is 6.38. The van der Waals surface area contributed by atoms with Crippen LogP contribution in [0.5, 0.6) is 0 Å². The van der Waals surface area contributed by atoms with E-state index >= 15 is 0 Å². The van der Waals surface area contributed by atoms with Crippen molar-refractivity contribution in [2.75, 3.05) is 32.4 Å². The number of guanidine groups is 1. The third-order valence-electron chi connectivity index (χ3n) is 5.86. The molecule has 1 saturated heterocycles. The zero-order chi connectivity index (χ0) is 20.7. The van der Waals surface area contributed by atoms with Gasteiger partial charge in [0.1, 0.15) is 0 Å². The second-order valence-corrected chi connectivity index (χ2v) is 11.0. The minimum atomic E-state index is -3.38. The molecule has 2 atom stereocenters. The molecule has 30 heavy (non-hydrogen) atoms. The monoisotopic (exact) mass is 566 g/mol. The van der Waals surface area contributed by atoms with E-state index in [9.17, 15) is 8.42 Å². The third-order valence-corrected chi connectivity index (χ3v) is 8.87. The summed E-state index contributed by atoms with van der Waals surface area (Å²) in [6.07, 6.45) is 7.57. The summed E-state index contributed by atoms with van der Waals surface area (Å²) in [7, 11) is -3.38. The van der Waals surface area contributed by atoms with E-state index in [1.54, 1.807) is 28.6 Å². The maximum absolute atomic E-state index is 12.8. The number of hydrogen-bond donors (Lipinski definition) is 2. The molecule has 0 radical (unpaired) electrons. The van der Waals surface area contributed by atoms with E-state index < -0.39 is 10.0 Å². The topological polar surface area (TPSA) is 73.8 Å². The van der Waals surface area contributed by atoms with Crippen molar-refractivity contribution in [1.82, 2.24) is 14.9 Å². The number of nitrogens with zero attached hydrogens (tertiary/aromatic N) is 2. The fraction of sp³-hybridized carbons (Fsp3) is 0.667. The molecule has 0 bridgehead atoms. The summed E-state index contributed by atoms with van der Waals surface area (Å²) in [5.74, 6) is 1.33. The summed E-state index contributed by atoms with van der Waals surface area (Å²) in [5, 5.41) is 7.71. The second-order valence-electron chi connectivity index (χ2n) is 7.89. The first-order valence-electron chi connectivity index (χ1n) is 10.7. The van der Waals surface area contributed by atoms with Gasteiger partial charge in [0.15, 0.2) is 5.96 Å². The lowest BCUT2D eigenvalue weighted by atomic mass is 9.98. The standard InChI is InChI=1S/C21H34N4O2S2.HI/c1-3-22-21(24-18-9-10-19(15-18)28-2)23-16-17-11-13-25(14-12-17)29(26,27)20-7-5-4-6-8-20;/h4-8,17-19H,3,9-16H2,1-2H3,(H2,22,23,24);1H. The lowest BCUT2D eigenvalue weighted by molar-refractivity contribution is 0.278. The number of piperidine rings is 1. The molecule has 1 aliphatic carbocycles. The highest BCUT2D eigenvalue weighted by Crippen LogP contribution is 2.28. The van der Waals surface area contributed by atoms with Gasteiger partial charge < -0.3 is 10.6 Å². The molecular formula is C21H35IN4O2S2. The number of thioether (sulfide) groups is 1. The van der Waals surface area contributed by atoms with E-state index in [-0.39, 0.29) is 24.0 Å². The van der Waals surface area contributed by atoms with Crippen LogP contribution in [0, 0.1) is 5.92 Å². The zero-order valence-corrected chi connectivity index (χ0v) is 21.9. The van der Waals surface area contributed by atoms with Crippen molar-refractivity contribution < 1.29 is 8.42 Å². The van der Waals surface area contributed by atoms with Crippen molar-refractivity contribution in [1.29, 1.82) is 0 Å². The molecule has 2 unspecified atom stereocenters. The normalized spacial score (nSPS) is 23.7. The molecule has 1 aliphatic heterocycles. The van der Waals surface area contributed by atoms with Crippen LogP contribution in [0.2, 0.25) is 0 Å². The summed E-state index contributed by atoms with van der Waals surface area (Å²) in [6, 6.07) is 9.23. The van der Waals surface area contributed by atoms with Crippen LogP contribution >= 0.6 is 35.7 Å². The van der Waals surface area contributed by atoms with E-state index in [2.05, 4.69) is 23.8 Å². The van der Waals surface area contributed by atoms with E-state index in [1.165, 1.54) is 19.3 Å². The predicted octanol–water partition coefficient (Wildman–Crippen LogP) is 3.54. The second kappa shape index (κ2) is 12.5. The molecule has 1 aromatic carbocycles. The number of rotatable bonds is 7. The SMILES string of the molecule is CCNC(=NCC1CCN(S(=O)(=O)c2ccccc2)CC1)NC1CCC(SC)C1.I. The molecule has 0 spiro atoms. The van der Waals surface area contributed by atoms with Crippen molar-refractivity contribution in [3.05, 3.63) is 30.3 Å². The van der Waals surface area contributed by atoms with E-state index in [0.717, 1.165) is 37.1 Å². The third kappa shape index (κ3) is 7.00. The van der Waals surface area contributed by atoms with E-state index in [4.69, 9.17) is 4.99 Å². The molecule has 170 valence electrons. The molecule has 3 rings (SSSR count). The highest BCUT2D eigenvalue weighted by molar-refractivity contribution is 14.0. The van der Waals surface area contributed by atoms with Gasteiger partial charge in [-0.1, -0.05) is 18.2 Å². The van der Waals surface area contributed by atoms with Gasteiger partial charge in [-0.3, -0.25) is 4.99 Å². The lowest BCUT2D eigenvalue weighted by Crippen LogP contribution is -2.43. The van der Waals surface area contributed by atoms with Crippen LogP contribution in [0.4, 0.5) is 0 Å². The molecule has 9 heteroatoms. The first-order chi connectivity index (χ1) is 14.0. The predicted molar refractivity (Wildman–Crippen MR) is 137 cm³/mol. The van der Waals surface area contributed by atoms with Gasteiger partial charge in [0, 0.05) is 37.5 Å². The number of nitrogens with one attached hydrogen (secondary N) is 2. The minimum Gasteiger partial charge on any atom is -0.357 e. The van der Waals surface area contributed by atoms with Crippen LogP contribution in [-0.4, -0.2) is 62.4 Å². The Bertz CT molecular complexity index is 768. The highest BCUT2D eigenvalue weighted by atomic mass is 127.